The Morgan fingerprint density at radius 3 is 2.00 bits per heavy atom. The number of carbonyl (C=O) groups excluding carboxylic acids is 1. The predicted octanol–water partition coefficient (Wildman–Crippen LogP) is 4.94. The van der Waals surface area contributed by atoms with Gasteiger partial charge in [0.2, 0.25) is 0 Å². The molecular weight excluding hydrogens is 366 g/mol. The van der Waals surface area contributed by atoms with Gasteiger partial charge in [0.25, 0.3) is 0 Å². The standard InChI is InChI=1S/C19H21N3O6/c1-11(2)14-7-5-6-8-15(14)20-18-16(21(24)25)9-13(10-17(18)22(26)27)19(23)28-12(3)4/h5-12,20H,1-4H3. The first kappa shape index (κ1) is 20.8. The number of benzene rings is 2. The van der Waals surface area contributed by atoms with Gasteiger partial charge in [-0.25, -0.2) is 4.79 Å². The van der Waals surface area contributed by atoms with Crippen molar-refractivity contribution in [3.63, 3.8) is 0 Å². The summed E-state index contributed by atoms with van der Waals surface area (Å²) in [6.07, 6.45) is -0.471. The van der Waals surface area contributed by atoms with Crippen LogP contribution < -0.4 is 5.32 Å². The zero-order chi connectivity index (χ0) is 21.0. The van der Waals surface area contributed by atoms with E-state index in [1.165, 1.54) is 0 Å². The number of hydrogen-bond donors (Lipinski definition) is 1. The van der Waals surface area contributed by atoms with Crippen molar-refractivity contribution in [3.8, 4) is 0 Å². The minimum absolute atomic E-state index is 0.0853. The zero-order valence-electron chi connectivity index (χ0n) is 16.0. The molecule has 0 heterocycles. The lowest BCUT2D eigenvalue weighted by molar-refractivity contribution is -0.392. The third-order valence-corrected chi connectivity index (χ3v) is 3.91. The maximum atomic E-state index is 12.1. The van der Waals surface area contributed by atoms with Crippen molar-refractivity contribution < 1.29 is 19.4 Å². The van der Waals surface area contributed by atoms with Crippen LogP contribution in [0.15, 0.2) is 36.4 Å². The molecule has 1 N–H and O–H groups in total. The van der Waals surface area contributed by atoms with Gasteiger partial charge in [-0.05, 0) is 31.4 Å². The molecule has 2 rings (SSSR count). The molecule has 9 heteroatoms. The van der Waals surface area contributed by atoms with Crippen molar-refractivity contribution >= 4 is 28.7 Å². The van der Waals surface area contributed by atoms with E-state index in [9.17, 15) is 25.0 Å². The van der Waals surface area contributed by atoms with Crippen LogP contribution in [0.5, 0.6) is 0 Å². The fraction of sp³-hybridized carbons (Fsp3) is 0.316. The van der Waals surface area contributed by atoms with Gasteiger partial charge < -0.3 is 10.1 Å². The number of nitrogens with zero attached hydrogens (tertiary/aromatic N) is 2. The van der Waals surface area contributed by atoms with E-state index in [-0.39, 0.29) is 17.2 Å². The minimum Gasteiger partial charge on any atom is -0.459 e. The molecule has 0 spiro atoms. The van der Waals surface area contributed by atoms with Crippen LogP contribution in [0.3, 0.4) is 0 Å². The van der Waals surface area contributed by atoms with Crippen molar-refractivity contribution in [1.82, 2.24) is 0 Å². The first-order valence-corrected chi connectivity index (χ1v) is 8.65. The van der Waals surface area contributed by atoms with Crippen LogP contribution in [-0.4, -0.2) is 21.9 Å². The van der Waals surface area contributed by atoms with Crippen molar-refractivity contribution in [2.24, 2.45) is 0 Å². The molecule has 0 saturated heterocycles. The Hall–Kier alpha value is -3.49. The molecule has 0 aliphatic carbocycles. The van der Waals surface area contributed by atoms with E-state index >= 15 is 0 Å². The summed E-state index contributed by atoms with van der Waals surface area (Å²) >= 11 is 0. The Bertz CT molecular complexity index is 889. The fourth-order valence-corrected chi connectivity index (χ4v) is 2.68. The number of anilines is 2. The summed E-state index contributed by atoms with van der Waals surface area (Å²) in [7, 11) is 0. The van der Waals surface area contributed by atoms with Gasteiger partial charge in [-0.2, -0.15) is 0 Å². The molecule has 0 aliphatic heterocycles. The largest absolute Gasteiger partial charge is 0.459 e. The third-order valence-electron chi connectivity index (χ3n) is 3.91. The van der Waals surface area contributed by atoms with E-state index in [1.54, 1.807) is 26.0 Å². The maximum absolute atomic E-state index is 12.1. The molecule has 0 fully saturated rings. The Morgan fingerprint density at radius 2 is 1.54 bits per heavy atom. The van der Waals surface area contributed by atoms with Crippen LogP contribution in [0.2, 0.25) is 0 Å². The van der Waals surface area contributed by atoms with Crippen molar-refractivity contribution in [2.75, 3.05) is 5.32 Å². The summed E-state index contributed by atoms with van der Waals surface area (Å²) < 4.78 is 5.01. The van der Waals surface area contributed by atoms with E-state index in [4.69, 9.17) is 4.74 Å². The van der Waals surface area contributed by atoms with Crippen LogP contribution >= 0.6 is 0 Å². The van der Waals surface area contributed by atoms with Gasteiger partial charge in [-0.1, -0.05) is 32.0 Å². The van der Waals surface area contributed by atoms with Gasteiger partial charge in [0, 0.05) is 17.8 Å². The van der Waals surface area contributed by atoms with Crippen LogP contribution in [0, 0.1) is 20.2 Å². The maximum Gasteiger partial charge on any atom is 0.338 e. The summed E-state index contributed by atoms with van der Waals surface area (Å²) in [4.78, 5) is 33.8. The molecule has 0 unspecified atom stereocenters. The van der Waals surface area contributed by atoms with Crippen LogP contribution in [0.25, 0.3) is 0 Å². The number of hydrogen-bond acceptors (Lipinski definition) is 7. The molecule has 28 heavy (non-hydrogen) atoms. The van der Waals surface area contributed by atoms with E-state index in [1.807, 2.05) is 26.0 Å². The number of nitro groups is 2. The quantitative estimate of drug-likeness (QED) is 0.405. The number of para-hydroxylation sites is 1. The fourth-order valence-electron chi connectivity index (χ4n) is 2.68. The van der Waals surface area contributed by atoms with Crippen LogP contribution in [0.4, 0.5) is 22.7 Å². The molecule has 9 nitrogen and oxygen atoms in total. The molecule has 0 aromatic heterocycles. The third kappa shape index (κ3) is 4.61. The van der Waals surface area contributed by atoms with Gasteiger partial charge in [0.1, 0.15) is 0 Å². The number of nitro benzene ring substituents is 2. The molecule has 148 valence electrons. The minimum atomic E-state index is -0.865. The molecule has 0 saturated carbocycles. The highest BCUT2D eigenvalue weighted by molar-refractivity contribution is 5.94. The molecule has 2 aromatic rings. The number of carbonyl (C=O) groups is 1. The normalized spacial score (nSPS) is 10.8. The second kappa shape index (κ2) is 8.47. The first-order valence-electron chi connectivity index (χ1n) is 8.65. The van der Waals surface area contributed by atoms with Gasteiger partial charge in [0.15, 0.2) is 5.69 Å². The first-order chi connectivity index (χ1) is 13.1. The zero-order valence-corrected chi connectivity index (χ0v) is 16.0. The van der Waals surface area contributed by atoms with E-state index < -0.39 is 33.3 Å². The summed E-state index contributed by atoms with van der Waals surface area (Å²) in [5, 5.41) is 26.0. The van der Waals surface area contributed by atoms with Crippen molar-refractivity contribution in [1.29, 1.82) is 0 Å². The average molecular weight is 387 g/mol. The molecule has 0 bridgehead atoms. The van der Waals surface area contributed by atoms with E-state index in [0.29, 0.717) is 5.69 Å². The lowest BCUT2D eigenvalue weighted by Gasteiger charge is -2.15. The van der Waals surface area contributed by atoms with Gasteiger partial charge in [-0.15, -0.1) is 0 Å². The average Bonchev–Trinajstić information content (AvgIpc) is 2.60. The predicted molar refractivity (Wildman–Crippen MR) is 104 cm³/mol. The monoisotopic (exact) mass is 387 g/mol. The van der Waals surface area contributed by atoms with E-state index in [0.717, 1.165) is 17.7 Å². The van der Waals surface area contributed by atoms with Gasteiger partial charge >= 0.3 is 17.3 Å². The number of rotatable bonds is 7. The number of ether oxygens (including phenoxy) is 1. The molecule has 2 aromatic carbocycles. The Morgan fingerprint density at radius 1 is 1.00 bits per heavy atom. The van der Waals surface area contributed by atoms with Crippen molar-refractivity contribution in [3.05, 3.63) is 67.8 Å². The highest BCUT2D eigenvalue weighted by Crippen LogP contribution is 2.39. The van der Waals surface area contributed by atoms with Crippen molar-refractivity contribution in [2.45, 2.75) is 39.7 Å². The SMILES string of the molecule is CC(C)OC(=O)c1cc([N+](=O)[O-])c(Nc2ccccc2C(C)C)c([N+](=O)[O-])c1. The van der Waals surface area contributed by atoms with Crippen LogP contribution in [0.1, 0.15) is 49.5 Å². The highest BCUT2D eigenvalue weighted by atomic mass is 16.6. The van der Waals surface area contributed by atoms with Gasteiger partial charge in [0.05, 0.1) is 21.5 Å². The summed E-state index contributed by atoms with van der Waals surface area (Å²) in [6.45, 7) is 7.10. The van der Waals surface area contributed by atoms with Gasteiger partial charge in [-0.3, -0.25) is 20.2 Å². The second-order valence-electron chi connectivity index (χ2n) is 6.72. The highest BCUT2D eigenvalue weighted by Gasteiger charge is 2.30. The lowest BCUT2D eigenvalue weighted by atomic mass is 10.0. The number of nitrogens with one attached hydrogen (secondary N) is 1. The molecule has 0 radical (unpaired) electrons. The summed E-state index contributed by atoms with van der Waals surface area (Å²) in [5.74, 6) is -0.780. The molecule has 0 atom stereocenters. The Labute approximate surface area is 161 Å². The summed E-state index contributed by atoms with van der Waals surface area (Å²) in [5.41, 5.74) is -0.346. The summed E-state index contributed by atoms with van der Waals surface area (Å²) in [6, 6.07) is 9.02. The Balaban J connectivity index is 2.65. The lowest BCUT2D eigenvalue weighted by Crippen LogP contribution is -2.13. The van der Waals surface area contributed by atoms with Crippen LogP contribution in [-0.2, 0) is 4.74 Å². The smallest absolute Gasteiger partial charge is 0.338 e. The number of esters is 1. The molecule has 0 amide bonds. The second-order valence-corrected chi connectivity index (χ2v) is 6.72. The Kier molecular flexibility index (Phi) is 6.29. The molecular formula is C19H21N3O6. The van der Waals surface area contributed by atoms with E-state index in [2.05, 4.69) is 5.32 Å². The molecule has 0 aliphatic rings. The topological polar surface area (TPSA) is 125 Å².